The average Bonchev–Trinajstić information content (AvgIpc) is 2.27. The topological polar surface area (TPSA) is 76.4 Å². The molecule has 0 aliphatic heterocycles. The van der Waals surface area contributed by atoms with Crippen molar-refractivity contribution in [3.05, 3.63) is 17.9 Å². The lowest BCUT2D eigenvalue weighted by molar-refractivity contribution is -0.119. The number of nitrogen functional groups attached to an aromatic ring is 1. The van der Waals surface area contributed by atoms with Gasteiger partial charge in [0.25, 0.3) is 0 Å². The van der Waals surface area contributed by atoms with Gasteiger partial charge in [-0.2, -0.15) is 0 Å². The van der Waals surface area contributed by atoms with Crippen LogP contribution in [0.1, 0.15) is 13.8 Å². The summed E-state index contributed by atoms with van der Waals surface area (Å²) in [5.74, 6) is -0.367. The number of carbonyl (C=O) groups is 1. The zero-order valence-electron chi connectivity index (χ0n) is 10.7. The van der Waals surface area contributed by atoms with E-state index in [-0.39, 0.29) is 29.9 Å². The van der Waals surface area contributed by atoms with Crippen molar-refractivity contribution in [2.24, 2.45) is 0 Å². The van der Waals surface area contributed by atoms with E-state index >= 15 is 0 Å². The number of halogens is 1. The minimum Gasteiger partial charge on any atom is -0.495 e. The van der Waals surface area contributed by atoms with Gasteiger partial charge in [0.15, 0.2) is 0 Å². The standard InChI is InChI=1S/C12H18FN3O2/c1-7(2)16-12(17)6-15-10-5-11(18-3)9(14)4-8(10)13/h4-5,7,15H,6,14H2,1-3H3,(H,16,17). The molecular formula is C12H18FN3O2. The van der Waals surface area contributed by atoms with Crippen LogP contribution < -0.4 is 21.1 Å². The van der Waals surface area contributed by atoms with Crippen molar-refractivity contribution in [3.8, 4) is 5.75 Å². The molecule has 1 aromatic carbocycles. The number of anilines is 2. The summed E-state index contributed by atoms with van der Waals surface area (Å²) in [6.45, 7) is 3.69. The summed E-state index contributed by atoms with van der Waals surface area (Å²) in [4.78, 5) is 11.4. The lowest BCUT2D eigenvalue weighted by Crippen LogP contribution is -2.34. The lowest BCUT2D eigenvalue weighted by Gasteiger charge is -2.12. The van der Waals surface area contributed by atoms with Crippen molar-refractivity contribution in [1.29, 1.82) is 0 Å². The molecule has 0 spiro atoms. The third-order valence-electron chi connectivity index (χ3n) is 2.21. The van der Waals surface area contributed by atoms with E-state index in [1.165, 1.54) is 13.2 Å². The number of carbonyl (C=O) groups excluding carboxylic acids is 1. The van der Waals surface area contributed by atoms with Gasteiger partial charge in [0.05, 0.1) is 25.0 Å². The molecule has 0 heterocycles. The molecule has 1 rings (SSSR count). The Morgan fingerprint density at radius 2 is 2.17 bits per heavy atom. The highest BCUT2D eigenvalue weighted by atomic mass is 19.1. The molecular weight excluding hydrogens is 237 g/mol. The molecule has 0 bridgehead atoms. The number of nitrogens with one attached hydrogen (secondary N) is 2. The molecule has 0 saturated carbocycles. The lowest BCUT2D eigenvalue weighted by atomic mass is 10.2. The van der Waals surface area contributed by atoms with Gasteiger partial charge in [0.1, 0.15) is 11.6 Å². The van der Waals surface area contributed by atoms with Crippen molar-refractivity contribution >= 4 is 17.3 Å². The van der Waals surface area contributed by atoms with Crippen molar-refractivity contribution in [2.75, 3.05) is 24.7 Å². The van der Waals surface area contributed by atoms with E-state index in [1.807, 2.05) is 13.8 Å². The van der Waals surface area contributed by atoms with E-state index < -0.39 is 5.82 Å². The Morgan fingerprint density at radius 1 is 1.50 bits per heavy atom. The van der Waals surface area contributed by atoms with Crippen LogP contribution >= 0.6 is 0 Å². The van der Waals surface area contributed by atoms with Crippen LogP contribution in [0.5, 0.6) is 5.75 Å². The quantitative estimate of drug-likeness (QED) is 0.694. The molecule has 0 aromatic heterocycles. The number of hydrogen-bond acceptors (Lipinski definition) is 4. The van der Waals surface area contributed by atoms with Crippen molar-refractivity contribution in [1.82, 2.24) is 5.32 Å². The van der Waals surface area contributed by atoms with Gasteiger partial charge >= 0.3 is 0 Å². The molecule has 4 N–H and O–H groups in total. The Morgan fingerprint density at radius 3 is 2.72 bits per heavy atom. The first-order chi connectivity index (χ1) is 8.43. The molecule has 18 heavy (non-hydrogen) atoms. The SMILES string of the molecule is COc1cc(NCC(=O)NC(C)C)c(F)cc1N. The number of nitrogens with two attached hydrogens (primary N) is 1. The molecule has 5 nitrogen and oxygen atoms in total. The van der Waals surface area contributed by atoms with Gasteiger partial charge in [0, 0.05) is 18.2 Å². The largest absolute Gasteiger partial charge is 0.495 e. The minimum atomic E-state index is -0.523. The van der Waals surface area contributed by atoms with Crippen LogP contribution in [0.15, 0.2) is 12.1 Å². The highest BCUT2D eigenvalue weighted by Gasteiger charge is 2.10. The zero-order valence-corrected chi connectivity index (χ0v) is 10.7. The van der Waals surface area contributed by atoms with Crippen molar-refractivity contribution < 1.29 is 13.9 Å². The maximum absolute atomic E-state index is 13.5. The molecule has 0 aliphatic rings. The first-order valence-electron chi connectivity index (χ1n) is 5.60. The normalized spacial score (nSPS) is 10.3. The van der Waals surface area contributed by atoms with E-state index in [9.17, 15) is 9.18 Å². The molecule has 0 atom stereocenters. The Bertz CT molecular complexity index is 436. The van der Waals surface area contributed by atoms with Gasteiger partial charge < -0.3 is 21.1 Å². The summed E-state index contributed by atoms with van der Waals surface area (Å²) < 4.78 is 18.5. The number of amides is 1. The van der Waals surface area contributed by atoms with Crippen LogP contribution in [0.2, 0.25) is 0 Å². The summed E-state index contributed by atoms with van der Waals surface area (Å²) in [6.07, 6.45) is 0. The first-order valence-corrected chi connectivity index (χ1v) is 5.60. The van der Waals surface area contributed by atoms with E-state index in [2.05, 4.69) is 10.6 Å². The van der Waals surface area contributed by atoms with Crippen LogP contribution in [0.3, 0.4) is 0 Å². The Kier molecular flexibility index (Phi) is 4.76. The van der Waals surface area contributed by atoms with Crippen molar-refractivity contribution in [2.45, 2.75) is 19.9 Å². The summed E-state index contributed by atoms with van der Waals surface area (Å²) >= 11 is 0. The van der Waals surface area contributed by atoms with Gasteiger partial charge in [-0.05, 0) is 13.8 Å². The molecule has 1 aromatic rings. The Balaban J connectivity index is 2.70. The second-order valence-electron chi connectivity index (χ2n) is 4.15. The van der Waals surface area contributed by atoms with E-state index in [4.69, 9.17) is 10.5 Å². The van der Waals surface area contributed by atoms with Gasteiger partial charge in [-0.3, -0.25) is 4.79 Å². The summed E-state index contributed by atoms with van der Waals surface area (Å²) in [5.41, 5.74) is 5.95. The van der Waals surface area contributed by atoms with Crippen LogP contribution in [-0.4, -0.2) is 25.6 Å². The third-order valence-corrected chi connectivity index (χ3v) is 2.21. The number of ether oxygens (including phenoxy) is 1. The number of benzene rings is 1. The maximum atomic E-state index is 13.5. The number of hydrogen-bond donors (Lipinski definition) is 3. The van der Waals surface area contributed by atoms with Gasteiger partial charge in [-0.25, -0.2) is 4.39 Å². The second kappa shape index (κ2) is 6.09. The molecule has 0 aliphatic carbocycles. The molecule has 0 fully saturated rings. The fraction of sp³-hybridized carbons (Fsp3) is 0.417. The predicted molar refractivity (Wildman–Crippen MR) is 69.1 cm³/mol. The van der Waals surface area contributed by atoms with E-state index in [0.717, 1.165) is 6.07 Å². The molecule has 0 saturated heterocycles. The summed E-state index contributed by atoms with van der Waals surface area (Å²) in [6, 6.07) is 2.62. The number of methoxy groups -OCH3 is 1. The number of rotatable bonds is 5. The molecule has 1 amide bonds. The minimum absolute atomic E-state index is 0.0117. The van der Waals surface area contributed by atoms with Crippen LogP contribution in [0.4, 0.5) is 15.8 Å². The van der Waals surface area contributed by atoms with Crippen molar-refractivity contribution in [3.63, 3.8) is 0 Å². The van der Waals surface area contributed by atoms with E-state index in [0.29, 0.717) is 5.75 Å². The van der Waals surface area contributed by atoms with Gasteiger partial charge in [0.2, 0.25) is 5.91 Å². The predicted octanol–water partition coefficient (Wildman–Crippen LogP) is 1.35. The van der Waals surface area contributed by atoms with Crippen LogP contribution in [0, 0.1) is 5.82 Å². The highest BCUT2D eigenvalue weighted by molar-refractivity contribution is 5.81. The fourth-order valence-corrected chi connectivity index (χ4v) is 1.43. The monoisotopic (exact) mass is 255 g/mol. The Hall–Kier alpha value is -1.98. The van der Waals surface area contributed by atoms with Crippen LogP contribution in [0.25, 0.3) is 0 Å². The summed E-state index contributed by atoms with van der Waals surface area (Å²) in [7, 11) is 1.44. The maximum Gasteiger partial charge on any atom is 0.239 e. The fourth-order valence-electron chi connectivity index (χ4n) is 1.43. The summed E-state index contributed by atoms with van der Waals surface area (Å²) in [5, 5.41) is 5.39. The van der Waals surface area contributed by atoms with E-state index in [1.54, 1.807) is 0 Å². The Labute approximate surface area is 106 Å². The third kappa shape index (κ3) is 3.80. The molecule has 0 radical (unpaired) electrons. The molecule has 0 unspecified atom stereocenters. The zero-order chi connectivity index (χ0) is 13.7. The average molecular weight is 255 g/mol. The van der Waals surface area contributed by atoms with Crippen LogP contribution in [-0.2, 0) is 4.79 Å². The smallest absolute Gasteiger partial charge is 0.239 e. The molecule has 6 heteroatoms. The highest BCUT2D eigenvalue weighted by Crippen LogP contribution is 2.27. The second-order valence-corrected chi connectivity index (χ2v) is 4.15. The van der Waals surface area contributed by atoms with Gasteiger partial charge in [-0.15, -0.1) is 0 Å². The molecule has 100 valence electrons. The van der Waals surface area contributed by atoms with Gasteiger partial charge in [-0.1, -0.05) is 0 Å². The first kappa shape index (κ1) is 14.1.